The summed E-state index contributed by atoms with van der Waals surface area (Å²) >= 11 is 0. The number of carbonyl (C=O) groups is 1. The Labute approximate surface area is 35.7 Å². The van der Waals surface area contributed by atoms with E-state index in [1.165, 1.54) is 0 Å². The predicted octanol–water partition coefficient (Wildman–Crippen LogP) is -1.41. The van der Waals surface area contributed by atoms with Crippen LogP contribution < -0.4 is 0 Å². The molecule has 0 fully saturated rings. The maximum atomic E-state index is 9.64. The largest absolute Gasteiger partial charge is 0.526 e. The van der Waals surface area contributed by atoms with Crippen molar-refractivity contribution in [2.75, 3.05) is 0 Å². The second kappa shape index (κ2) is 1.94. The average molecular weight is 87.9 g/mol. The summed E-state index contributed by atoms with van der Waals surface area (Å²) in [5.41, 5.74) is -0.630. The summed E-state index contributed by atoms with van der Waals surface area (Å²) in [6, 6.07) is 0. The van der Waals surface area contributed by atoms with Crippen LogP contribution >= 0.6 is 0 Å². The third kappa shape index (κ3) is 1.93. The van der Waals surface area contributed by atoms with Crippen molar-refractivity contribution in [2.45, 2.75) is 6.92 Å². The van der Waals surface area contributed by atoms with Crippen molar-refractivity contribution < 1.29 is 14.8 Å². The second-order valence-corrected chi connectivity index (χ2v) is 0.984. The normalized spacial score (nSPS) is 7.83. The Bertz CT molecular complexity index is 59.8. The van der Waals surface area contributed by atoms with E-state index in [9.17, 15) is 4.79 Å². The van der Waals surface area contributed by atoms with Crippen LogP contribution in [0.1, 0.15) is 6.92 Å². The standard InChI is InChI=1S/C2H5BO3/c1-2(4)3(5)6/h5-6H,1H3. The minimum Gasteiger partial charge on any atom is -0.421 e. The molecular formula is C2H5BO3. The molecule has 2 N–H and O–H groups in total. The van der Waals surface area contributed by atoms with Gasteiger partial charge in [0.05, 0.1) is 0 Å². The van der Waals surface area contributed by atoms with Crippen LogP contribution in [-0.2, 0) is 4.79 Å². The molecule has 34 valence electrons. The third-order valence-electron chi connectivity index (χ3n) is 0.364. The van der Waals surface area contributed by atoms with Crippen LogP contribution in [0.4, 0.5) is 0 Å². The summed E-state index contributed by atoms with van der Waals surface area (Å²) in [6.07, 6.45) is 0. The highest BCUT2D eigenvalue weighted by atomic mass is 16.4. The molecule has 4 heteroatoms. The van der Waals surface area contributed by atoms with Crippen LogP contribution in [0.2, 0.25) is 0 Å². The van der Waals surface area contributed by atoms with Gasteiger partial charge in [0.2, 0.25) is 0 Å². The van der Waals surface area contributed by atoms with Crippen LogP contribution in [0.15, 0.2) is 0 Å². The van der Waals surface area contributed by atoms with Crippen molar-refractivity contribution in [3.63, 3.8) is 0 Å². The summed E-state index contributed by atoms with van der Waals surface area (Å²) in [6.45, 7) is 1.10. The molecule has 0 aromatic carbocycles. The van der Waals surface area contributed by atoms with E-state index in [-0.39, 0.29) is 0 Å². The van der Waals surface area contributed by atoms with Crippen LogP contribution in [0.25, 0.3) is 0 Å². The lowest BCUT2D eigenvalue weighted by molar-refractivity contribution is -0.112. The first-order valence-corrected chi connectivity index (χ1v) is 1.51. The average Bonchev–Trinajstić information content (AvgIpc) is 1.36. The maximum Gasteiger partial charge on any atom is 0.526 e. The minimum atomic E-state index is -1.79. The van der Waals surface area contributed by atoms with E-state index in [0.29, 0.717) is 0 Å². The van der Waals surface area contributed by atoms with Gasteiger partial charge in [-0.2, -0.15) is 0 Å². The SMILES string of the molecule is CC(=O)B(O)O. The fourth-order valence-electron chi connectivity index (χ4n) is 0. The zero-order chi connectivity index (χ0) is 5.15. The summed E-state index contributed by atoms with van der Waals surface area (Å²) in [5.74, 6) is 0. The number of hydrogen-bond acceptors (Lipinski definition) is 3. The minimum absolute atomic E-state index is 0.630. The van der Waals surface area contributed by atoms with E-state index in [1.807, 2.05) is 0 Å². The van der Waals surface area contributed by atoms with Gasteiger partial charge < -0.3 is 14.8 Å². The molecule has 0 aliphatic heterocycles. The number of carbonyl (C=O) groups excluding carboxylic acids is 1. The van der Waals surface area contributed by atoms with Crippen molar-refractivity contribution in [2.24, 2.45) is 0 Å². The van der Waals surface area contributed by atoms with E-state index in [0.717, 1.165) is 6.92 Å². The number of hydrogen-bond donors (Lipinski definition) is 2. The highest BCUT2D eigenvalue weighted by Gasteiger charge is 2.11. The van der Waals surface area contributed by atoms with Gasteiger partial charge in [-0.05, 0) is 6.92 Å². The molecular weight excluding hydrogens is 82.8 g/mol. The van der Waals surface area contributed by atoms with E-state index >= 15 is 0 Å². The molecule has 0 aromatic rings. The van der Waals surface area contributed by atoms with Crippen molar-refractivity contribution in [1.29, 1.82) is 0 Å². The van der Waals surface area contributed by atoms with Crippen LogP contribution in [0.3, 0.4) is 0 Å². The molecule has 0 rings (SSSR count). The zero-order valence-electron chi connectivity index (χ0n) is 3.38. The van der Waals surface area contributed by atoms with Crippen LogP contribution in [-0.4, -0.2) is 22.8 Å². The van der Waals surface area contributed by atoms with Gasteiger partial charge >= 0.3 is 7.12 Å². The smallest absolute Gasteiger partial charge is 0.421 e. The molecule has 6 heavy (non-hydrogen) atoms. The molecule has 0 radical (unpaired) electrons. The molecule has 3 nitrogen and oxygen atoms in total. The Morgan fingerprint density at radius 2 is 1.83 bits per heavy atom. The lowest BCUT2D eigenvalue weighted by Crippen LogP contribution is -2.21. The topological polar surface area (TPSA) is 57.5 Å². The van der Waals surface area contributed by atoms with Gasteiger partial charge in [-0.1, -0.05) is 0 Å². The molecule has 0 spiro atoms. The predicted molar refractivity (Wildman–Crippen MR) is 20.9 cm³/mol. The number of rotatable bonds is 1. The Morgan fingerprint density at radius 1 is 1.67 bits per heavy atom. The first kappa shape index (κ1) is 5.65. The van der Waals surface area contributed by atoms with Crippen molar-refractivity contribution in [1.82, 2.24) is 0 Å². The van der Waals surface area contributed by atoms with Crippen molar-refractivity contribution in [3.8, 4) is 0 Å². The molecule has 0 saturated carbocycles. The van der Waals surface area contributed by atoms with Gasteiger partial charge in [0.25, 0.3) is 0 Å². The molecule has 0 saturated heterocycles. The van der Waals surface area contributed by atoms with Crippen molar-refractivity contribution in [3.05, 3.63) is 0 Å². The van der Waals surface area contributed by atoms with Gasteiger partial charge in [-0.15, -0.1) is 0 Å². The highest BCUT2D eigenvalue weighted by Crippen LogP contribution is 1.66. The third-order valence-corrected chi connectivity index (χ3v) is 0.364. The monoisotopic (exact) mass is 88.0 g/mol. The van der Waals surface area contributed by atoms with Gasteiger partial charge in [0.1, 0.15) is 0 Å². The molecule has 0 amide bonds. The molecule has 0 aromatic heterocycles. The van der Waals surface area contributed by atoms with Gasteiger partial charge in [-0.25, -0.2) is 0 Å². The lowest BCUT2D eigenvalue weighted by Gasteiger charge is -1.82. The zero-order valence-corrected chi connectivity index (χ0v) is 3.38. The first-order chi connectivity index (χ1) is 2.64. The quantitative estimate of drug-likeness (QED) is 0.387. The Hall–Kier alpha value is -0.345. The lowest BCUT2D eigenvalue weighted by atomic mass is 9.86. The molecule has 0 aliphatic carbocycles. The summed E-state index contributed by atoms with van der Waals surface area (Å²) in [5, 5.41) is 15.7. The molecule has 0 bridgehead atoms. The summed E-state index contributed by atoms with van der Waals surface area (Å²) in [7, 11) is -1.79. The maximum absolute atomic E-state index is 9.64. The molecule has 0 atom stereocenters. The van der Waals surface area contributed by atoms with Crippen molar-refractivity contribution >= 4 is 12.8 Å². The van der Waals surface area contributed by atoms with E-state index in [4.69, 9.17) is 10.0 Å². The second-order valence-electron chi connectivity index (χ2n) is 0.984. The van der Waals surface area contributed by atoms with Gasteiger partial charge in [0, 0.05) is 0 Å². The molecule has 0 heterocycles. The summed E-state index contributed by atoms with van der Waals surface area (Å²) < 4.78 is 0. The Morgan fingerprint density at radius 3 is 1.83 bits per heavy atom. The van der Waals surface area contributed by atoms with E-state index < -0.39 is 12.8 Å². The summed E-state index contributed by atoms with van der Waals surface area (Å²) in [4.78, 5) is 9.64. The fourth-order valence-corrected chi connectivity index (χ4v) is 0. The van der Waals surface area contributed by atoms with Crippen LogP contribution in [0.5, 0.6) is 0 Å². The highest BCUT2D eigenvalue weighted by molar-refractivity contribution is 6.78. The van der Waals surface area contributed by atoms with Gasteiger partial charge in [-0.3, -0.25) is 0 Å². The van der Waals surface area contributed by atoms with Crippen LogP contribution in [0, 0.1) is 0 Å². The van der Waals surface area contributed by atoms with Gasteiger partial charge in [0.15, 0.2) is 5.68 Å². The Kier molecular flexibility index (Phi) is 1.83. The molecule has 0 aliphatic rings. The van der Waals surface area contributed by atoms with E-state index in [1.54, 1.807) is 0 Å². The first-order valence-electron chi connectivity index (χ1n) is 1.51. The fraction of sp³-hybridized carbons (Fsp3) is 0.500. The molecule has 0 unspecified atom stereocenters. The Balaban J connectivity index is 3.26. The van der Waals surface area contributed by atoms with E-state index in [2.05, 4.69) is 0 Å².